The van der Waals surface area contributed by atoms with E-state index in [1.807, 2.05) is 6.92 Å². The maximum Gasteiger partial charge on any atom is 0.261 e. The summed E-state index contributed by atoms with van der Waals surface area (Å²) in [5.41, 5.74) is 0.738. The first-order valence-corrected chi connectivity index (χ1v) is 10.4. The van der Waals surface area contributed by atoms with Crippen LogP contribution >= 0.6 is 23.2 Å². The van der Waals surface area contributed by atoms with Gasteiger partial charge >= 0.3 is 0 Å². The molecule has 168 valence electrons. The fourth-order valence-electron chi connectivity index (χ4n) is 2.83. The lowest BCUT2D eigenvalue weighted by Gasteiger charge is -2.28. The molecule has 0 aliphatic heterocycles. The van der Waals surface area contributed by atoms with Crippen LogP contribution in [-0.2, 0) is 16.1 Å². The summed E-state index contributed by atoms with van der Waals surface area (Å²) in [6.45, 7) is 3.82. The molecular formula is C22H26Cl2N2O5. The molecule has 0 aromatic heterocycles. The predicted octanol–water partition coefficient (Wildman–Crippen LogP) is 3.94. The Morgan fingerprint density at radius 2 is 1.61 bits per heavy atom. The zero-order chi connectivity index (χ0) is 23.0. The summed E-state index contributed by atoms with van der Waals surface area (Å²) >= 11 is 12.1. The summed E-state index contributed by atoms with van der Waals surface area (Å²) < 4.78 is 16.1. The van der Waals surface area contributed by atoms with Crippen molar-refractivity contribution in [2.24, 2.45) is 0 Å². The van der Waals surface area contributed by atoms with Gasteiger partial charge in [0, 0.05) is 31.3 Å². The first-order valence-electron chi connectivity index (χ1n) is 9.66. The van der Waals surface area contributed by atoms with Gasteiger partial charge in [0.05, 0.1) is 24.3 Å². The fourth-order valence-corrected chi connectivity index (χ4v) is 3.15. The molecule has 0 unspecified atom stereocenters. The van der Waals surface area contributed by atoms with Crippen molar-refractivity contribution in [3.63, 3.8) is 0 Å². The Labute approximate surface area is 192 Å². The highest BCUT2D eigenvalue weighted by atomic mass is 35.5. The molecule has 0 aliphatic carbocycles. The third-order valence-electron chi connectivity index (χ3n) is 4.54. The van der Waals surface area contributed by atoms with Gasteiger partial charge in [0.15, 0.2) is 6.61 Å². The Morgan fingerprint density at radius 1 is 1.00 bits per heavy atom. The van der Waals surface area contributed by atoms with Crippen molar-refractivity contribution in [3.8, 4) is 17.2 Å². The number of rotatable bonds is 10. The predicted molar refractivity (Wildman–Crippen MR) is 120 cm³/mol. The van der Waals surface area contributed by atoms with Crippen LogP contribution in [0.15, 0.2) is 36.4 Å². The van der Waals surface area contributed by atoms with Gasteiger partial charge in [-0.3, -0.25) is 9.59 Å². The maximum atomic E-state index is 13.0. The van der Waals surface area contributed by atoms with Crippen LogP contribution < -0.4 is 19.5 Å². The number of nitrogens with zero attached hydrogens (tertiary/aromatic N) is 1. The van der Waals surface area contributed by atoms with Gasteiger partial charge in [0.1, 0.15) is 23.3 Å². The summed E-state index contributed by atoms with van der Waals surface area (Å²) in [6.07, 6.45) is 0. The maximum absolute atomic E-state index is 13.0. The molecule has 0 radical (unpaired) electrons. The molecule has 2 aromatic carbocycles. The molecule has 2 rings (SSSR count). The number of ether oxygens (including phenoxy) is 3. The fraction of sp³-hybridized carbons (Fsp3) is 0.364. The van der Waals surface area contributed by atoms with Crippen molar-refractivity contribution in [3.05, 3.63) is 52.0 Å². The van der Waals surface area contributed by atoms with Crippen LogP contribution in [0.5, 0.6) is 17.2 Å². The first-order chi connectivity index (χ1) is 14.8. The molecular weight excluding hydrogens is 443 g/mol. The molecule has 1 atom stereocenters. The normalized spacial score (nSPS) is 11.4. The van der Waals surface area contributed by atoms with Crippen molar-refractivity contribution < 1.29 is 23.8 Å². The van der Waals surface area contributed by atoms with E-state index in [9.17, 15) is 9.59 Å². The Bertz CT molecular complexity index is 901. The highest BCUT2D eigenvalue weighted by molar-refractivity contribution is 6.42. The zero-order valence-corrected chi connectivity index (χ0v) is 19.4. The van der Waals surface area contributed by atoms with E-state index in [1.165, 1.54) is 19.1 Å². The third-order valence-corrected chi connectivity index (χ3v) is 5.28. The van der Waals surface area contributed by atoms with E-state index in [-0.39, 0.29) is 25.0 Å². The van der Waals surface area contributed by atoms with Gasteiger partial charge in [-0.05, 0) is 31.5 Å². The summed E-state index contributed by atoms with van der Waals surface area (Å²) in [4.78, 5) is 26.9. The number of halogens is 2. The average Bonchev–Trinajstić information content (AvgIpc) is 2.77. The number of likely N-dealkylation sites (N-methyl/N-ethyl adjacent to an activating group) is 1. The van der Waals surface area contributed by atoms with Crippen LogP contribution in [0.1, 0.15) is 19.4 Å². The molecule has 7 nitrogen and oxygen atoms in total. The number of hydrogen-bond donors (Lipinski definition) is 1. The standard InChI is InChI=1S/C22H26Cl2N2O5/c1-5-25-22(28)14(2)26(12-15-6-7-19(23)20(24)8-15)21(27)13-31-18-10-16(29-3)9-17(11-18)30-4/h6-11,14H,5,12-13H2,1-4H3,(H,25,28)/t14-/m0/s1. The molecule has 1 N–H and O–H groups in total. The second kappa shape index (κ2) is 11.7. The van der Waals surface area contributed by atoms with E-state index in [0.29, 0.717) is 33.8 Å². The van der Waals surface area contributed by atoms with Crippen LogP contribution in [0.25, 0.3) is 0 Å². The molecule has 0 saturated carbocycles. The van der Waals surface area contributed by atoms with Gasteiger partial charge in [0.25, 0.3) is 5.91 Å². The Balaban J connectivity index is 2.20. The van der Waals surface area contributed by atoms with Crippen molar-refractivity contribution in [2.75, 3.05) is 27.4 Å². The van der Waals surface area contributed by atoms with Gasteiger partial charge in [-0.25, -0.2) is 0 Å². The molecule has 2 amide bonds. The van der Waals surface area contributed by atoms with Gasteiger partial charge in [0.2, 0.25) is 5.91 Å². The molecule has 0 saturated heterocycles. The highest BCUT2D eigenvalue weighted by Gasteiger charge is 2.26. The summed E-state index contributed by atoms with van der Waals surface area (Å²) in [5, 5.41) is 3.52. The second-order valence-electron chi connectivity index (χ2n) is 6.68. The summed E-state index contributed by atoms with van der Waals surface area (Å²) in [6, 6.07) is 9.35. The van der Waals surface area contributed by atoms with Gasteiger partial charge in [-0.15, -0.1) is 0 Å². The SMILES string of the molecule is CCNC(=O)[C@H](C)N(Cc1ccc(Cl)c(Cl)c1)C(=O)COc1cc(OC)cc(OC)c1. The molecule has 0 heterocycles. The van der Waals surface area contributed by atoms with Gasteiger partial charge in [-0.2, -0.15) is 0 Å². The average molecular weight is 469 g/mol. The van der Waals surface area contributed by atoms with E-state index < -0.39 is 6.04 Å². The summed E-state index contributed by atoms with van der Waals surface area (Å²) in [5.74, 6) is 0.838. The number of hydrogen-bond acceptors (Lipinski definition) is 5. The van der Waals surface area contributed by atoms with E-state index in [4.69, 9.17) is 37.4 Å². The second-order valence-corrected chi connectivity index (χ2v) is 7.49. The van der Waals surface area contributed by atoms with Crippen LogP contribution in [0.3, 0.4) is 0 Å². The number of carbonyl (C=O) groups excluding carboxylic acids is 2. The Hall–Kier alpha value is -2.64. The monoisotopic (exact) mass is 468 g/mol. The Morgan fingerprint density at radius 3 is 2.16 bits per heavy atom. The molecule has 0 fully saturated rings. The lowest BCUT2D eigenvalue weighted by atomic mass is 10.1. The third kappa shape index (κ3) is 6.94. The smallest absolute Gasteiger partial charge is 0.261 e. The molecule has 9 heteroatoms. The topological polar surface area (TPSA) is 77.1 Å². The number of benzene rings is 2. The Kier molecular flexibility index (Phi) is 9.27. The largest absolute Gasteiger partial charge is 0.496 e. The lowest BCUT2D eigenvalue weighted by Crippen LogP contribution is -2.49. The van der Waals surface area contributed by atoms with Gasteiger partial charge < -0.3 is 24.4 Å². The van der Waals surface area contributed by atoms with Gasteiger partial charge in [-0.1, -0.05) is 29.3 Å². The molecule has 31 heavy (non-hydrogen) atoms. The van der Waals surface area contributed by atoms with E-state index >= 15 is 0 Å². The minimum absolute atomic E-state index is 0.165. The number of nitrogens with one attached hydrogen (secondary N) is 1. The number of amides is 2. The molecule has 0 aliphatic rings. The van der Waals surface area contributed by atoms with Crippen molar-refractivity contribution in [1.82, 2.24) is 10.2 Å². The quantitative estimate of drug-likeness (QED) is 0.571. The zero-order valence-electron chi connectivity index (χ0n) is 17.9. The molecule has 0 bridgehead atoms. The van der Waals surface area contributed by atoms with Crippen LogP contribution in [-0.4, -0.2) is 50.1 Å². The number of carbonyl (C=O) groups is 2. The molecule has 2 aromatic rings. The first kappa shape index (κ1) is 24.6. The minimum Gasteiger partial charge on any atom is -0.496 e. The van der Waals surface area contributed by atoms with Crippen molar-refractivity contribution in [2.45, 2.75) is 26.4 Å². The van der Waals surface area contributed by atoms with Crippen LogP contribution in [0.2, 0.25) is 10.0 Å². The van der Waals surface area contributed by atoms with Crippen molar-refractivity contribution in [1.29, 1.82) is 0 Å². The van der Waals surface area contributed by atoms with E-state index in [2.05, 4.69) is 5.32 Å². The van der Waals surface area contributed by atoms with E-state index in [0.717, 1.165) is 5.56 Å². The van der Waals surface area contributed by atoms with E-state index in [1.54, 1.807) is 43.3 Å². The number of methoxy groups -OCH3 is 2. The highest BCUT2D eigenvalue weighted by Crippen LogP contribution is 2.28. The molecule has 0 spiro atoms. The van der Waals surface area contributed by atoms with Crippen LogP contribution in [0.4, 0.5) is 0 Å². The summed E-state index contributed by atoms with van der Waals surface area (Å²) in [7, 11) is 3.05. The lowest BCUT2D eigenvalue weighted by molar-refractivity contribution is -0.142. The van der Waals surface area contributed by atoms with Crippen LogP contribution in [0, 0.1) is 0 Å². The van der Waals surface area contributed by atoms with Crippen molar-refractivity contribution >= 4 is 35.0 Å². The minimum atomic E-state index is -0.717.